The third-order valence-electron chi connectivity index (χ3n) is 2.49. The molecule has 0 bridgehead atoms. The number of aliphatic hydroxyl groups is 1. The number of methoxy groups -OCH3 is 1. The lowest BCUT2D eigenvalue weighted by Gasteiger charge is -2.20. The highest BCUT2D eigenvalue weighted by Crippen LogP contribution is 2.17. The summed E-state index contributed by atoms with van der Waals surface area (Å²) in [5.41, 5.74) is 1.15. The molecule has 0 fully saturated rings. The zero-order valence-corrected chi connectivity index (χ0v) is 11.2. The minimum atomic E-state index is -0.469. The summed E-state index contributed by atoms with van der Waals surface area (Å²) >= 11 is 0. The Morgan fingerprint density at radius 1 is 1.24 bits per heavy atom. The van der Waals surface area contributed by atoms with Crippen molar-refractivity contribution in [2.75, 3.05) is 20.2 Å². The summed E-state index contributed by atoms with van der Waals surface area (Å²) in [5.74, 6) is 0.809. The monoisotopic (exact) mass is 237 g/mol. The molecule has 0 aliphatic heterocycles. The Balaban J connectivity index is 2.43. The first kappa shape index (κ1) is 14.0. The highest BCUT2D eigenvalue weighted by molar-refractivity contribution is 5.28. The fourth-order valence-electron chi connectivity index (χ4n) is 1.53. The fraction of sp³-hybridized carbons (Fsp3) is 0.571. The maximum Gasteiger partial charge on any atom is 0.118 e. The van der Waals surface area contributed by atoms with Gasteiger partial charge in [0.25, 0.3) is 0 Å². The molecule has 3 nitrogen and oxygen atoms in total. The highest BCUT2D eigenvalue weighted by atomic mass is 16.5. The van der Waals surface area contributed by atoms with Crippen molar-refractivity contribution >= 4 is 0 Å². The number of ether oxygens (including phenoxy) is 1. The van der Waals surface area contributed by atoms with Crippen LogP contribution < -0.4 is 10.1 Å². The van der Waals surface area contributed by atoms with Crippen LogP contribution in [0.5, 0.6) is 5.75 Å². The van der Waals surface area contributed by atoms with Crippen LogP contribution in [0.25, 0.3) is 0 Å². The van der Waals surface area contributed by atoms with Gasteiger partial charge < -0.3 is 15.2 Å². The summed E-state index contributed by atoms with van der Waals surface area (Å²) in [6, 6.07) is 7.51. The molecule has 3 heteroatoms. The van der Waals surface area contributed by atoms with Gasteiger partial charge in [-0.3, -0.25) is 0 Å². The Bertz CT molecular complexity index is 327. The second-order valence-corrected chi connectivity index (χ2v) is 5.48. The van der Waals surface area contributed by atoms with Gasteiger partial charge in [0.1, 0.15) is 5.75 Å². The Morgan fingerprint density at radius 3 is 2.29 bits per heavy atom. The lowest BCUT2D eigenvalue weighted by molar-refractivity contribution is 0.169. The molecular weight excluding hydrogens is 214 g/mol. The Kier molecular flexibility index (Phi) is 4.97. The Morgan fingerprint density at radius 2 is 1.82 bits per heavy atom. The minimum absolute atomic E-state index is 0.236. The van der Waals surface area contributed by atoms with Gasteiger partial charge in [0.2, 0.25) is 0 Å². The molecule has 0 amide bonds. The van der Waals surface area contributed by atoms with E-state index in [2.05, 4.69) is 26.1 Å². The molecule has 1 aromatic rings. The van der Waals surface area contributed by atoms with Gasteiger partial charge in [-0.15, -0.1) is 0 Å². The van der Waals surface area contributed by atoms with E-state index < -0.39 is 6.10 Å². The fourth-order valence-corrected chi connectivity index (χ4v) is 1.53. The second kappa shape index (κ2) is 6.03. The molecule has 0 radical (unpaired) electrons. The van der Waals surface area contributed by atoms with Crippen molar-refractivity contribution in [2.45, 2.75) is 26.9 Å². The number of hydrogen-bond donors (Lipinski definition) is 2. The Hall–Kier alpha value is -1.06. The van der Waals surface area contributed by atoms with E-state index in [4.69, 9.17) is 4.74 Å². The van der Waals surface area contributed by atoms with Crippen molar-refractivity contribution in [3.05, 3.63) is 29.8 Å². The number of benzene rings is 1. The number of nitrogens with one attached hydrogen (secondary N) is 1. The molecule has 17 heavy (non-hydrogen) atoms. The van der Waals surface area contributed by atoms with Crippen LogP contribution in [0.3, 0.4) is 0 Å². The molecule has 0 spiro atoms. The topological polar surface area (TPSA) is 41.5 Å². The van der Waals surface area contributed by atoms with E-state index >= 15 is 0 Å². The van der Waals surface area contributed by atoms with Crippen LogP contribution >= 0.6 is 0 Å². The first-order valence-corrected chi connectivity index (χ1v) is 5.95. The molecule has 0 heterocycles. The van der Waals surface area contributed by atoms with Crippen LogP contribution in [0.4, 0.5) is 0 Å². The molecule has 1 aromatic carbocycles. The average Bonchev–Trinajstić information content (AvgIpc) is 2.27. The largest absolute Gasteiger partial charge is 0.497 e. The predicted octanol–water partition coefficient (Wildman–Crippen LogP) is 2.36. The molecule has 0 aromatic heterocycles. The van der Waals surface area contributed by atoms with Gasteiger partial charge in [0, 0.05) is 13.1 Å². The number of hydrogen-bond acceptors (Lipinski definition) is 3. The number of rotatable bonds is 5. The Labute approximate surface area is 104 Å². The summed E-state index contributed by atoms with van der Waals surface area (Å²) in [6.45, 7) is 7.96. The van der Waals surface area contributed by atoms with Crippen LogP contribution in [0, 0.1) is 5.41 Å². The van der Waals surface area contributed by atoms with Crippen molar-refractivity contribution in [3.8, 4) is 5.75 Å². The van der Waals surface area contributed by atoms with Gasteiger partial charge in [-0.05, 0) is 23.1 Å². The van der Waals surface area contributed by atoms with E-state index in [9.17, 15) is 5.11 Å². The standard InChI is InChI=1S/C14H23NO2/c1-14(2,3)10-15-9-13(16)11-5-7-12(17-4)8-6-11/h5-8,13,15-16H,9-10H2,1-4H3/t13-/m1/s1. The van der Waals surface area contributed by atoms with Crippen molar-refractivity contribution in [1.29, 1.82) is 0 Å². The average molecular weight is 237 g/mol. The number of aliphatic hydroxyl groups excluding tert-OH is 1. The summed E-state index contributed by atoms with van der Waals surface area (Å²) in [4.78, 5) is 0. The summed E-state index contributed by atoms with van der Waals surface area (Å²) in [6.07, 6.45) is -0.469. The van der Waals surface area contributed by atoms with Gasteiger partial charge in [0.15, 0.2) is 0 Å². The SMILES string of the molecule is COc1ccc([C@H](O)CNCC(C)(C)C)cc1. The smallest absolute Gasteiger partial charge is 0.118 e. The van der Waals surface area contributed by atoms with E-state index in [0.29, 0.717) is 6.54 Å². The lowest BCUT2D eigenvalue weighted by atomic mass is 9.97. The van der Waals surface area contributed by atoms with Crippen LogP contribution in [0.1, 0.15) is 32.4 Å². The van der Waals surface area contributed by atoms with Crippen molar-refractivity contribution in [3.63, 3.8) is 0 Å². The van der Waals surface area contributed by atoms with Gasteiger partial charge in [-0.25, -0.2) is 0 Å². The van der Waals surface area contributed by atoms with Crippen molar-refractivity contribution in [1.82, 2.24) is 5.32 Å². The first-order valence-electron chi connectivity index (χ1n) is 5.95. The third kappa shape index (κ3) is 5.20. The summed E-state index contributed by atoms with van der Waals surface area (Å²) in [7, 11) is 1.64. The van der Waals surface area contributed by atoms with Crippen LogP contribution in [-0.2, 0) is 0 Å². The molecule has 1 atom stereocenters. The molecule has 0 saturated heterocycles. The summed E-state index contributed by atoms with van der Waals surface area (Å²) < 4.78 is 5.08. The van der Waals surface area contributed by atoms with E-state index in [-0.39, 0.29) is 5.41 Å². The van der Waals surface area contributed by atoms with Crippen LogP contribution in [-0.4, -0.2) is 25.3 Å². The molecule has 0 aliphatic rings. The highest BCUT2D eigenvalue weighted by Gasteiger charge is 2.12. The maximum atomic E-state index is 9.98. The maximum absolute atomic E-state index is 9.98. The van der Waals surface area contributed by atoms with E-state index in [0.717, 1.165) is 17.9 Å². The van der Waals surface area contributed by atoms with Gasteiger partial charge >= 0.3 is 0 Å². The zero-order chi connectivity index (χ0) is 12.9. The third-order valence-corrected chi connectivity index (χ3v) is 2.49. The van der Waals surface area contributed by atoms with Crippen molar-refractivity contribution < 1.29 is 9.84 Å². The molecule has 0 unspecified atom stereocenters. The first-order chi connectivity index (χ1) is 7.92. The van der Waals surface area contributed by atoms with Gasteiger partial charge in [-0.2, -0.15) is 0 Å². The molecule has 96 valence electrons. The van der Waals surface area contributed by atoms with E-state index in [1.165, 1.54) is 0 Å². The second-order valence-electron chi connectivity index (χ2n) is 5.48. The molecular formula is C14H23NO2. The van der Waals surface area contributed by atoms with Gasteiger partial charge in [-0.1, -0.05) is 32.9 Å². The molecule has 0 aliphatic carbocycles. The molecule has 0 saturated carbocycles. The zero-order valence-electron chi connectivity index (χ0n) is 11.2. The normalized spacial score (nSPS) is 13.5. The van der Waals surface area contributed by atoms with E-state index in [1.54, 1.807) is 7.11 Å². The summed E-state index contributed by atoms with van der Waals surface area (Å²) in [5, 5.41) is 13.2. The van der Waals surface area contributed by atoms with Crippen molar-refractivity contribution in [2.24, 2.45) is 5.41 Å². The van der Waals surface area contributed by atoms with Crippen LogP contribution in [0.2, 0.25) is 0 Å². The van der Waals surface area contributed by atoms with E-state index in [1.807, 2.05) is 24.3 Å². The minimum Gasteiger partial charge on any atom is -0.497 e. The lowest BCUT2D eigenvalue weighted by Crippen LogP contribution is -2.30. The molecule has 2 N–H and O–H groups in total. The predicted molar refractivity (Wildman–Crippen MR) is 70.3 cm³/mol. The quantitative estimate of drug-likeness (QED) is 0.826. The van der Waals surface area contributed by atoms with Crippen LogP contribution in [0.15, 0.2) is 24.3 Å². The van der Waals surface area contributed by atoms with Gasteiger partial charge in [0.05, 0.1) is 13.2 Å². The molecule has 1 rings (SSSR count).